The van der Waals surface area contributed by atoms with Crippen molar-refractivity contribution in [3.05, 3.63) is 12.2 Å². The largest absolute Gasteiger partial charge is 0.0879 e. The van der Waals surface area contributed by atoms with Gasteiger partial charge in [0.1, 0.15) is 0 Å². The standard InChI is InChI=1S/C12H18.C11H14.2C11H18.2C10H16.C10H14.C8H8.C8H12.C7H10.C6H8/c1-2-8-5-7(1)11-9-3-4-10(6-9)12(8)11;1-4-5-2-9-8(1)10-6(4)3-7(5)11(9)10;1-3-9-7-10-4-2-6-11(10,5-1)8-9;1-2-4-10-9-5-6-11(10)8(3-1)7-9;2*1-7-2-9-4-8(1)5-10(3-7)6-9;1-2-9-7-4-5-8(6-7)10(9)3-1;1-2-5-3(1)7-4(1)6(2)8(5)7;1-5-2-7-4-6(1)8(7)3-5;1-2-4-6-5(3-1)7(4)6;1-2-4-5-3(1)6(4)5/h7-12H,1-6H2;4-11H,1-3H2;9-10H,1-8H2;8-11H,1-7H2;2*7-10H,1-6H2;1-2,7-10H,3-6H2;1-8H;5-8H,1-4H2;4-7H,1-3H2;3-6H,1-2H2. The quantitative estimate of drug-likeness (QED) is 0.168. The zero-order chi connectivity index (χ0) is 66.6. The highest BCUT2D eigenvalue weighted by atomic mass is 15.0. The minimum absolute atomic E-state index is 0.906. The number of allylic oxidation sites excluding steroid dienone is 2. The molecule has 0 radical (unpaired) electrons. The molecule has 43 aliphatic rings. The Hall–Kier alpha value is -0.260. The Morgan fingerprint density at radius 2 is 0.548 bits per heavy atom. The summed E-state index contributed by atoms with van der Waals surface area (Å²) < 4.78 is 0. The molecule has 43 rings (SSSR count). The van der Waals surface area contributed by atoms with Gasteiger partial charge in [0.15, 0.2) is 0 Å². The minimum Gasteiger partial charge on any atom is -0.0879 e. The van der Waals surface area contributed by atoms with Crippen LogP contribution in [-0.2, 0) is 0 Å². The molecule has 0 heterocycles. The SMILES string of the molecule is C12C3C4C1C1C2C3C41.C1=CC2C3CCC(C3)C2C1.C1C2C3CC4C5CC3C1C5C24.C1C2CC3CC1C3C2.C1C2CC3CC1CC(C2)C3.C1C2CC3CC1CC(C2)C3.C1CC2C3C(C1)C23.C1CC2C3C1C23.C1CC2CC1C1C3CCC(C3)C21.C1CC2CC3CCCC3(C1)C2.C1CCC2C3CCC2C(C1)C3. The first-order valence-corrected chi connectivity index (χ1v) is 51.0. The fourth-order valence-corrected chi connectivity index (χ4v) is 45.7. The van der Waals surface area contributed by atoms with Gasteiger partial charge in [-0.05, 0) is 583 Å². The summed E-state index contributed by atoms with van der Waals surface area (Å²) in [7, 11) is 0. The second kappa shape index (κ2) is 23.5. The summed E-state index contributed by atoms with van der Waals surface area (Å²) in [6, 6.07) is 0. The van der Waals surface area contributed by atoms with E-state index in [9.17, 15) is 0 Å². The average Bonchev–Trinajstić information content (AvgIpc) is 1.11. The molecule has 0 aliphatic heterocycles. The maximum absolute atomic E-state index is 2.49. The third-order valence-electron chi connectivity index (χ3n) is 48.3. The van der Waals surface area contributed by atoms with E-state index in [-0.39, 0.29) is 0 Å². The van der Waals surface area contributed by atoms with Crippen LogP contribution in [0.2, 0.25) is 0 Å². The van der Waals surface area contributed by atoms with Gasteiger partial charge in [0, 0.05) is 0 Å². The summed E-state index contributed by atoms with van der Waals surface area (Å²) in [4.78, 5) is 0. The van der Waals surface area contributed by atoms with Crippen LogP contribution in [0.4, 0.5) is 0 Å². The Kier molecular flexibility index (Phi) is 14.5. The first-order chi connectivity index (χ1) is 51.4. The number of hydrogen-bond donors (Lipinski definition) is 0. The highest BCUT2D eigenvalue weighted by Gasteiger charge is 2.98. The number of fused-ring (bicyclic) bond motifs is 21. The lowest BCUT2D eigenvalue weighted by Crippen LogP contribution is -3.00. The summed E-state index contributed by atoms with van der Waals surface area (Å²) in [5.74, 6) is 64.1. The van der Waals surface area contributed by atoms with Crippen molar-refractivity contribution in [1.29, 1.82) is 0 Å². The molecule has 42 saturated carbocycles. The van der Waals surface area contributed by atoms with E-state index in [1.807, 2.05) is 0 Å². The first kappa shape index (κ1) is 64.1. The van der Waals surface area contributed by atoms with Gasteiger partial charge in [-0.1, -0.05) is 57.1 Å². The van der Waals surface area contributed by atoms with Crippen molar-refractivity contribution in [2.75, 3.05) is 0 Å². The van der Waals surface area contributed by atoms with Crippen molar-refractivity contribution >= 4 is 0 Å². The maximum Gasteiger partial charge on any atom is -0.0171 e. The molecule has 0 heteroatoms. The van der Waals surface area contributed by atoms with Crippen LogP contribution < -0.4 is 0 Å². The highest BCUT2D eigenvalue weighted by molar-refractivity contribution is 5.44. The summed E-state index contributed by atoms with van der Waals surface area (Å²) in [6.45, 7) is 0. The molecule has 568 valence electrons. The minimum atomic E-state index is 0.906. The summed E-state index contributed by atoms with van der Waals surface area (Å²) in [5.41, 5.74) is 0.906. The van der Waals surface area contributed by atoms with Gasteiger partial charge >= 0.3 is 0 Å². The molecule has 43 aliphatic carbocycles. The highest BCUT2D eigenvalue weighted by Crippen LogP contribution is 3.01. The van der Waals surface area contributed by atoms with Crippen LogP contribution in [0.5, 0.6) is 0 Å². The van der Waals surface area contributed by atoms with Crippen molar-refractivity contribution in [2.24, 2.45) is 313 Å². The molecule has 0 N–H and O–H groups in total. The van der Waals surface area contributed by atoms with Crippen molar-refractivity contribution in [2.45, 2.75) is 315 Å². The van der Waals surface area contributed by atoms with Gasteiger partial charge in [-0.15, -0.1) is 0 Å². The van der Waals surface area contributed by atoms with Crippen LogP contribution in [0.1, 0.15) is 315 Å². The lowest BCUT2D eigenvalue weighted by Gasteiger charge is -3.03. The smallest absolute Gasteiger partial charge is 0.0171 e. The van der Waals surface area contributed by atoms with Gasteiger partial charge in [-0.2, -0.15) is 0 Å². The van der Waals surface area contributed by atoms with Gasteiger partial charge in [0.05, 0.1) is 0 Å². The fourth-order valence-electron chi connectivity index (χ4n) is 45.7. The zero-order valence-corrected chi connectivity index (χ0v) is 66.3. The van der Waals surface area contributed by atoms with Gasteiger partial charge < -0.3 is 0 Å². The molecule has 1 spiro atoms. The average molecular weight is 1400 g/mol. The van der Waals surface area contributed by atoms with E-state index >= 15 is 0 Å². The van der Waals surface area contributed by atoms with E-state index in [1.54, 1.807) is 302 Å². The predicted molar refractivity (Wildman–Crippen MR) is 419 cm³/mol. The van der Waals surface area contributed by atoms with E-state index in [2.05, 4.69) is 12.2 Å². The van der Waals surface area contributed by atoms with Gasteiger partial charge in [0.25, 0.3) is 0 Å². The Morgan fingerprint density at radius 1 is 0.183 bits per heavy atom. The van der Waals surface area contributed by atoms with E-state index in [4.69, 9.17) is 0 Å². The van der Waals surface area contributed by atoms with Crippen LogP contribution in [0, 0.1) is 313 Å². The molecule has 42 fully saturated rings. The monoisotopic (exact) mass is 1400 g/mol. The molecule has 28 bridgehead atoms. The van der Waals surface area contributed by atoms with E-state index in [0.717, 1.165) is 35.0 Å². The van der Waals surface area contributed by atoms with Crippen molar-refractivity contribution in [3.8, 4) is 0 Å². The number of hydrogen-bond acceptors (Lipinski definition) is 0. The molecule has 25 atom stereocenters. The topological polar surface area (TPSA) is 0 Å². The molecule has 0 aromatic carbocycles. The molecule has 0 saturated heterocycles. The molecule has 104 heavy (non-hydrogen) atoms. The van der Waals surface area contributed by atoms with Crippen molar-refractivity contribution in [3.63, 3.8) is 0 Å². The molecular formula is C104H152. The number of rotatable bonds is 0. The summed E-state index contributed by atoms with van der Waals surface area (Å²) >= 11 is 0. The lowest BCUT2D eigenvalue weighted by molar-refractivity contribution is -0.565. The van der Waals surface area contributed by atoms with Gasteiger partial charge in [-0.25, -0.2) is 0 Å². The first-order valence-electron chi connectivity index (χ1n) is 51.0. The van der Waals surface area contributed by atoms with Gasteiger partial charge in [0.2, 0.25) is 0 Å². The Balaban J connectivity index is 0.0000000628. The second-order valence-corrected chi connectivity index (χ2v) is 50.8. The molecular weight excluding hydrogens is 1250 g/mol. The Morgan fingerprint density at radius 3 is 1.01 bits per heavy atom. The lowest BCUT2D eigenvalue weighted by atomic mass is 9.01. The third-order valence-corrected chi connectivity index (χ3v) is 48.3. The zero-order valence-electron chi connectivity index (χ0n) is 66.3. The van der Waals surface area contributed by atoms with Crippen LogP contribution in [0.3, 0.4) is 0 Å². The molecule has 0 amide bonds. The summed E-state index contributed by atoms with van der Waals surface area (Å²) in [6.07, 6.45) is 83.1. The van der Waals surface area contributed by atoms with Crippen LogP contribution in [0.25, 0.3) is 0 Å². The van der Waals surface area contributed by atoms with Crippen LogP contribution >= 0.6 is 0 Å². The molecule has 0 nitrogen and oxygen atoms in total. The fraction of sp³-hybridized carbons (Fsp3) is 0.981. The van der Waals surface area contributed by atoms with E-state index in [1.165, 1.54) is 291 Å². The van der Waals surface area contributed by atoms with E-state index < -0.39 is 0 Å². The molecule has 0 aromatic heterocycles. The van der Waals surface area contributed by atoms with Gasteiger partial charge in [-0.3, -0.25) is 0 Å². The van der Waals surface area contributed by atoms with E-state index in [0.29, 0.717) is 0 Å². The van der Waals surface area contributed by atoms with Crippen LogP contribution in [0.15, 0.2) is 12.2 Å². The second-order valence-electron chi connectivity index (χ2n) is 50.8. The third kappa shape index (κ3) is 9.33. The Labute approximate surface area is 635 Å². The molecule has 0 aromatic rings. The van der Waals surface area contributed by atoms with Crippen LogP contribution in [-0.4, -0.2) is 0 Å². The predicted octanol–water partition coefficient (Wildman–Crippen LogP) is 26.1. The van der Waals surface area contributed by atoms with Crippen molar-refractivity contribution < 1.29 is 0 Å². The summed E-state index contributed by atoms with van der Waals surface area (Å²) in [5, 5.41) is 0. The molecule has 25 unspecified atom stereocenters. The van der Waals surface area contributed by atoms with Crippen molar-refractivity contribution in [1.82, 2.24) is 0 Å². The maximum atomic E-state index is 2.49. The normalized spacial score (nSPS) is 67.5. The Bertz CT molecular complexity index is 2900.